The van der Waals surface area contributed by atoms with Crippen LogP contribution in [-0.2, 0) is 23.0 Å². The summed E-state index contributed by atoms with van der Waals surface area (Å²) in [6.07, 6.45) is 3.93. The summed E-state index contributed by atoms with van der Waals surface area (Å²) >= 11 is 0. The molecule has 0 saturated heterocycles. The lowest BCUT2D eigenvalue weighted by Gasteiger charge is -2.09. The van der Waals surface area contributed by atoms with Gasteiger partial charge < -0.3 is 8.60 Å². The number of amides is 2. The molecule has 1 aromatic heterocycles. The van der Waals surface area contributed by atoms with Gasteiger partial charge in [0.25, 0.3) is 11.8 Å². The maximum absolute atomic E-state index is 12.7. The molecule has 1 aliphatic heterocycles. The van der Waals surface area contributed by atoms with E-state index >= 15 is 0 Å². The molecular formula is C20H15NO6S. The first-order chi connectivity index (χ1) is 13.4. The lowest BCUT2D eigenvalue weighted by Crippen LogP contribution is -2.19. The van der Waals surface area contributed by atoms with Crippen LogP contribution in [0.15, 0.2) is 45.7 Å². The highest BCUT2D eigenvalue weighted by Crippen LogP contribution is 2.34. The highest BCUT2D eigenvalue weighted by atomic mass is 32.2. The summed E-state index contributed by atoms with van der Waals surface area (Å²) in [5.41, 5.74) is 1.99. The Hall–Kier alpha value is -3.13. The molecule has 3 aromatic rings. The largest absolute Gasteiger partial charge is 0.461 e. The van der Waals surface area contributed by atoms with Gasteiger partial charge in [-0.25, -0.2) is 0 Å². The van der Waals surface area contributed by atoms with E-state index < -0.39 is 21.9 Å². The highest BCUT2D eigenvalue weighted by molar-refractivity contribution is 7.87. The van der Waals surface area contributed by atoms with Gasteiger partial charge in [-0.05, 0) is 55.7 Å². The number of aryl methyl sites for hydroxylation is 2. The molecule has 5 rings (SSSR count). The van der Waals surface area contributed by atoms with Gasteiger partial charge in [0, 0.05) is 17.4 Å². The fourth-order valence-electron chi connectivity index (χ4n) is 3.77. The third kappa shape index (κ3) is 2.60. The molecule has 0 fully saturated rings. The first-order valence-corrected chi connectivity index (χ1v) is 10.3. The Bertz CT molecular complexity index is 1270. The second-order valence-electron chi connectivity index (χ2n) is 6.90. The minimum atomic E-state index is -4.17. The van der Waals surface area contributed by atoms with Gasteiger partial charge in [0.1, 0.15) is 22.0 Å². The highest BCUT2D eigenvalue weighted by Gasteiger charge is 2.29. The van der Waals surface area contributed by atoms with Crippen LogP contribution in [0, 0.1) is 0 Å². The summed E-state index contributed by atoms with van der Waals surface area (Å²) in [6.45, 7) is 0. The Morgan fingerprint density at radius 3 is 2.57 bits per heavy atom. The Morgan fingerprint density at radius 2 is 1.71 bits per heavy atom. The van der Waals surface area contributed by atoms with Crippen LogP contribution in [0.5, 0.6) is 5.75 Å². The van der Waals surface area contributed by atoms with Crippen molar-refractivity contribution in [1.29, 1.82) is 0 Å². The van der Waals surface area contributed by atoms with E-state index in [0.29, 0.717) is 5.58 Å². The molecule has 2 heterocycles. The third-order valence-electron chi connectivity index (χ3n) is 5.13. The third-order valence-corrected chi connectivity index (χ3v) is 6.37. The van der Waals surface area contributed by atoms with E-state index in [9.17, 15) is 18.0 Å². The molecule has 2 aromatic carbocycles. The maximum atomic E-state index is 12.7. The van der Waals surface area contributed by atoms with E-state index in [1.807, 2.05) is 0 Å². The first-order valence-electron chi connectivity index (χ1n) is 8.91. The van der Waals surface area contributed by atoms with Crippen LogP contribution in [0.1, 0.15) is 44.9 Å². The molecule has 142 valence electrons. The van der Waals surface area contributed by atoms with Crippen molar-refractivity contribution in [2.24, 2.45) is 0 Å². The molecule has 2 aliphatic rings. The summed E-state index contributed by atoms with van der Waals surface area (Å²) in [4.78, 5) is 23.2. The molecule has 0 bridgehead atoms. The molecule has 7 nitrogen and oxygen atoms in total. The quantitative estimate of drug-likeness (QED) is 0.538. The molecule has 0 spiro atoms. The molecule has 0 radical (unpaired) electrons. The minimum Gasteiger partial charge on any atom is -0.461 e. The van der Waals surface area contributed by atoms with Gasteiger partial charge in [-0.1, -0.05) is 0 Å². The van der Waals surface area contributed by atoms with Crippen LogP contribution in [0.2, 0.25) is 0 Å². The molecule has 1 aliphatic carbocycles. The Balaban J connectivity index is 1.51. The van der Waals surface area contributed by atoms with Gasteiger partial charge in [-0.15, -0.1) is 0 Å². The van der Waals surface area contributed by atoms with Crippen molar-refractivity contribution in [2.75, 3.05) is 0 Å². The summed E-state index contributed by atoms with van der Waals surface area (Å²) in [7, 11) is -4.17. The van der Waals surface area contributed by atoms with E-state index in [1.54, 1.807) is 18.2 Å². The van der Waals surface area contributed by atoms with Crippen molar-refractivity contribution < 1.29 is 26.6 Å². The second kappa shape index (κ2) is 5.93. The fraction of sp³-hybridized carbons (Fsp3) is 0.200. The summed E-state index contributed by atoms with van der Waals surface area (Å²) in [5, 5.41) is 3.00. The van der Waals surface area contributed by atoms with Crippen molar-refractivity contribution in [3.8, 4) is 5.75 Å². The number of nitrogens with one attached hydrogen (secondary N) is 1. The summed E-state index contributed by atoms with van der Waals surface area (Å²) < 4.78 is 36.5. The monoisotopic (exact) mass is 397 g/mol. The molecule has 1 N–H and O–H groups in total. The van der Waals surface area contributed by atoms with E-state index in [4.69, 9.17) is 8.60 Å². The molecule has 8 heteroatoms. The van der Waals surface area contributed by atoms with Crippen molar-refractivity contribution >= 4 is 32.9 Å². The first kappa shape index (κ1) is 17.0. The van der Waals surface area contributed by atoms with Gasteiger partial charge in [0.2, 0.25) is 0 Å². The summed E-state index contributed by atoms with van der Waals surface area (Å²) in [5.74, 6) is -0.0400. The van der Waals surface area contributed by atoms with Gasteiger partial charge in [0.05, 0.1) is 11.1 Å². The second-order valence-corrected chi connectivity index (χ2v) is 8.44. The molecule has 2 amide bonds. The van der Waals surface area contributed by atoms with Gasteiger partial charge in [-0.3, -0.25) is 14.9 Å². The molecule has 28 heavy (non-hydrogen) atoms. The summed E-state index contributed by atoms with van der Waals surface area (Å²) in [6, 6.07) is 8.63. The lowest BCUT2D eigenvalue weighted by atomic mass is 9.96. The number of hydrogen-bond donors (Lipinski definition) is 1. The molecule has 0 unspecified atom stereocenters. The number of carbonyl (C=O) groups is 2. The van der Waals surface area contributed by atoms with Gasteiger partial charge >= 0.3 is 10.1 Å². The van der Waals surface area contributed by atoms with Crippen LogP contribution >= 0.6 is 0 Å². The number of furan rings is 1. The maximum Gasteiger partial charge on any atom is 0.339 e. The van der Waals surface area contributed by atoms with Gasteiger partial charge in [-0.2, -0.15) is 8.42 Å². The van der Waals surface area contributed by atoms with Crippen molar-refractivity contribution in [3.05, 3.63) is 58.8 Å². The predicted molar refractivity (Wildman–Crippen MR) is 98.9 cm³/mol. The van der Waals surface area contributed by atoms with Crippen LogP contribution < -0.4 is 9.50 Å². The van der Waals surface area contributed by atoms with Crippen LogP contribution in [0.4, 0.5) is 0 Å². The number of benzene rings is 2. The Labute approximate surface area is 160 Å². The van der Waals surface area contributed by atoms with Crippen molar-refractivity contribution in [2.45, 2.75) is 30.6 Å². The van der Waals surface area contributed by atoms with E-state index in [1.165, 1.54) is 12.1 Å². The Morgan fingerprint density at radius 1 is 0.929 bits per heavy atom. The fourth-order valence-corrected chi connectivity index (χ4v) is 4.72. The Kier molecular flexibility index (Phi) is 3.60. The van der Waals surface area contributed by atoms with Gasteiger partial charge in [0.15, 0.2) is 0 Å². The topological polar surface area (TPSA) is 103 Å². The van der Waals surface area contributed by atoms with E-state index in [-0.39, 0.29) is 21.8 Å². The average molecular weight is 397 g/mol. The zero-order valence-corrected chi connectivity index (χ0v) is 15.5. The van der Waals surface area contributed by atoms with Crippen LogP contribution in [-0.4, -0.2) is 20.2 Å². The normalized spacial score (nSPS) is 16.0. The molecular weight excluding hydrogens is 382 g/mol. The van der Waals surface area contributed by atoms with E-state index in [0.717, 1.165) is 48.5 Å². The standard InChI is InChI=1S/C20H15NO6S/c22-19-14-7-6-12(10-16(14)20(23)21-19)28(24,25)27-11-5-8-18-15(9-11)13-3-1-2-4-17(13)26-18/h5-10H,1-4H2,(H,21,22,23). The number of imide groups is 1. The number of rotatable bonds is 3. The van der Waals surface area contributed by atoms with Crippen LogP contribution in [0.25, 0.3) is 11.0 Å². The number of fused-ring (bicyclic) bond motifs is 4. The zero-order valence-electron chi connectivity index (χ0n) is 14.7. The average Bonchev–Trinajstić information content (AvgIpc) is 3.18. The van der Waals surface area contributed by atoms with Crippen LogP contribution in [0.3, 0.4) is 0 Å². The van der Waals surface area contributed by atoms with Crippen molar-refractivity contribution in [3.63, 3.8) is 0 Å². The number of hydrogen-bond acceptors (Lipinski definition) is 6. The lowest BCUT2D eigenvalue weighted by molar-refractivity contribution is 0.0879. The molecule has 0 atom stereocenters. The zero-order chi connectivity index (χ0) is 19.5. The van der Waals surface area contributed by atoms with Crippen molar-refractivity contribution in [1.82, 2.24) is 5.32 Å². The predicted octanol–water partition coefficient (Wildman–Crippen LogP) is 2.96. The number of carbonyl (C=O) groups excluding carboxylic acids is 2. The molecule has 0 saturated carbocycles. The SMILES string of the molecule is O=C1NC(=O)c2cc(S(=O)(=O)Oc3ccc4oc5c(c4c3)CCCC5)ccc21. The minimum absolute atomic E-state index is 0.0223. The van der Waals surface area contributed by atoms with E-state index in [2.05, 4.69) is 5.32 Å². The smallest absolute Gasteiger partial charge is 0.339 e.